The summed E-state index contributed by atoms with van der Waals surface area (Å²) in [6.07, 6.45) is 1.58. The lowest BCUT2D eigenvalue weighted by Crippen LogP contribution is -2.40. The van der Waals surface area contributed by atoms with Gasteiger partial charge in [-0.2, -0.15) is 0 Å². The number of hydrogen-bond donors (Lipinski definition) is 2. The summed E-state index contributed by atoms with van der Waals surface area (Å²) in [4.78, 5) is 25.8. The van der Waals surface area contributed by atoms with E-state index in [0.717, 1.165) is 5.56 Å². The third-order valence-corrected chi connectivity index (χ3v) is 4.82. The van der Waals surface area contributed by atoms with E-state index in [2.05, 4.69) is 10.6 Å². The van der Waals surface area contributed by atoms with Crippen molar-refractivity contribution >= 4 is 17.9 Å². The second kappa shape index (κ2) is 10.7. The predicted molar refractivity (Wildman–Crippen MR) is 125 cm³/mol. The topological polar surface area (TPSA) is 85.9 Å². The Bertz CT molecular complexity index is 953. The Kier molecular flexibility index (Phi) is 8.29. The van der Waals surface area contributed by atoms with Crippen LogP contribution in [0, 0.1) is 5.41 Å². The maximum absolute atomic E-state index is 13.1. The molecule has 2 aromatic rings. The fourth-order valence-corrected chi connectivity index (χ4v) is 2.92. The number of ether oxygens (including phenoxy) is 3. The molecule has 0 radical (unpaired) electrons. The SMILES string of the molecule is COc1cc(/C=C(\NC(=O)C(C)(C)C)C(=O)NC(C)c2ccccc2)cc(OC)c1OC. The molecule has 172 valence electrons. The van der Waals surface area contributed by atoms with Crippen molar-refractivity contribution in [3.05, 3.63) is 59.3 Å². The molecule has 0 aliphatic carbocycles. The quantitative estimate of drug-likeness (QED) is 0.604. The van der Waals surface area contributed by atoms with E-state index in [-0.39, 0.29) is 17.6 Å². The summed E-state index contributed by atoms with van der Waals surface area (Å²) in [5.74, 6) is 0.635. The number of methoxy groups -OCH3 is 3. The summed E-state index contributed by atoms with van der Waals surface area (Å²) in [7, 11) is 4.55. The summed E-state index contributed by atoms with van der Waals surface area (Å²) >= 11 is 0. The van der Waals surface area contributed by atoms with Crippen LogP contribution >= 0.6 is 0 Å². The van der Waals surface area contributed by atoms with Gasteiger partial charge >= 0.3 is 0 Å². The highest BCUT2D eigenvalue weighted by Gasteiger charge is 2.25. The van der Waals surface area contributed by atoms with Crippen LogP contribution in [-0.2, 0) is 9.59 Å². The van der Waals surface area contributed by atoms with E-state index >= 15 is 0 Å². The Morgan fingerprint density at radius 1 is 0.938 bits per heavy atom. The standard InChI is InChI=1S/C25H32N2O5/c1-16(18-11-9-8-10-12-18)26-23(28)19(27-24(29)25(2,3)4)13-17-14-20(30-5)22(32-7)21(15-17)31-6/h8-16H,1-7H3,(H,26,28)(H,27,29)/b19-13-. The van der Waals surface area contributed by atoms with Crippen molar-refractivity contribution in [2.24, 2.45) is 5.41 Å². The van der Waals surface area contributed by atoms with Crippen molar-refractivity contribution in [1.29, 1.82) is 0 Å². The van der Waals surface area contributed by atoms with Gasteiger partial charge in [0, 0.05) is 5.41 Å². The summed E-state index contributed by atoms with van der Waals surface area (Å²) in [5, 5.41) is 5.71. The molecule has 0 saturated heterocycles. The molecule has 0 spiro atoms. The highest BCUT2D eigenvalue weighted by Crippen LogP contribution is 2.38. The minimum absolute atomic E-state index is 0.113. The Hall–Kier alpha value is -3.48. The van der Waals surface area contributed by atoms with Crippen LogP contribution in [-0.4, -0.2) is 33.1 Å². The van der Waals surface area contributed by atoms with Gasteiger partial charge in [-0.05, 0) is 36.3 Å². The maximum atomic E-state index is 13.1. The highest BCUT2D eigenvalue weighted by atomic mass is 16.5. The molecule has 0 saturated carbocycles. The van der Waals surface area contributed by atoms with Crippen LogP contribution < -0.4 is 24.8 Å². The molecule has 2 aromatic carbocycles. The smallest absolute Gasteiger partial charge is 0.268 e. The van der Waals surface area contributed by atoms with Crippen molar-refractivity contribution in [3.8, 4) is 17.2 Å². The predicted octanol–water partition coefficient (Wildman–Crippen LogP) is 4.09. The molecule has 0 bridgehead atoms. The van der Waals surface area contributed by atoms with E-state index < -0.39 is 11.3 Å². The Morgan fingerprint density at radius 2 is 1.50 bits per heavy atom. The average molecular weight is 441 g/mol. The van der Waals surface area contributed by atoms with E-state index in [4.69, 9.17) is 14.2 Å². The zero-order valence-corrected chi connectivity index (χ0v) is 19.7. The summed E-state index contributed by atoms with van der Waals surface area (Å²) in [6.45, 7) is 7.23. The van der Waals surface area contributed by atoms with Gasteiger partial charge in [-0.3, -0.25) is 9.59 Å². The van der Waals surface area contributed by atoms with Crippen molar-refractivity contribution in [2.75, 3.05) is 21.3 Å². The normalized spacial score (nSPS) is 12.5. The second-order valence-corrected chi connectivity index (χ2v) is 8.33. The number of rotatable bonds is 8. The number of carbonyl (C=O) groups excluding carboxylic acids is 2. The van der Waals surface area contributed by atoms with Gasteiger partial charge in [0.2, 0.25) is 11.7 Å². The maximum Gasteiger partial charge on any atom is 0.268 e. The molecule has 0 fully saturated rings. The first-order valence-corrected chi connectivity index (χ1v) is 10.3. The molecule has 1 unspecified atom stereocenters. The minimum atomic E-state index is -0.681. The first-order chi connectivity index (χ1) is 15.1. The fourth-order valence-electron chi connectivity index (χ4n) is 2.92. The van der Waals surface area contributed by atoms with Gasteiger partial charge in [0.25, 0.3) is 5.91 Å². The third-order valence-electron chi connectivity index (χ3n) is 4.82. The van der Waals surface area contributed by atoms with Crippen LogP contribution in [0.4, 0.5) is 0 Å². The molecule has 0 aliphatic heterocycles. The van der Waals surface area contributed by atoms with Gasteiger partial charge in [0.15, 0.2) is 11.5 Å². The molecule has 1 atom stereocenters. The van der Waals surface area contributed by atoms with E-state index in [9.17, 15) is 9.59 Å². The summed E-state index contributed by atoms with van der Waals surface area (Å²) < 4.78 is 16.2. The molecule has 2 amide bonds. The van der Waals surface area contributed by atoms with Gasteiger partial charge in [-0.15, -0.1) is 0 Å². The number of hydrogen-bond acceptors (Lipinski definition) is 5. The van der Waals surface area contributed by atoms with Crippen LogP contribution in [0.5, 0.6) is 17.2 Å². The van der Waals surface area contributed by atoms with Gasteiger partial charge in [-0.25, -0.2) is 0 Å². The molecule has 7 heteroatoms. The summed E-state index contributed by atoms with van der Waals surface area (Å²) in [6, 6.07) is 12.8. The zero-order valence-electron chi connectivity index (χ0n) is 19.7. The molecule has 0 heterocycles. The van der Waals surface area contributed by atoms with E-state index in [1.165, 1.54) is 21.3 Å². The second-order valence-electron chi connectivity index (χ2n) is 8.33. The fraction of sp³-hybridized carbons (Fsp3) is 0.360. The van der Waals surface area contributed by atoms with E-state index in [1.54, 1.807) is 39.0 Å². The van der Waals surface area contributed by atoms with E-state index in [1.807, 2.05) is 37.3 Å². The summed E-state index contributed by atoms with van der Waals surface area (Å²) in [5.41, 5.74) is 0.989. The van der Waals surface area contributed by atoms with E-state index in [0.29, 0.717) is 22.8 Å². The molecule has 2 N–H and O–H groups in total. The molecule has 2 rings (SSSR count). The monoisotopic (exact) mass is 440 g/mol. The van der Waals surface area contributed by atoms with Crippen molar-refractivity contribution < 1.29 is 23.8 Å². The lowest BCUT2D eigenvalue weighted by atomic mass is 9.95. The van der Waals surface area contributed by atoms with Gasteiger partial charge < -0.3 is 24.8 Å². The number of amides is 2. The molecule has 7 nitrogen and oxygen atoms in total. The average Bonchev–Trinajstić information content (AvgIpc) is 2.77. The Balaban J connectivity index is 2.45. The first-order valence-electron chi connectivity index (χ1n) is 10.3. The molecular formula is C25H32N2O5. The van der Waals surface area contributed by atoms with Crippen LogP contribution in [0.3, 0.4) is 0 Å². The largest absolute Gasteiger partial charge is 0.493 e. The molecule has 0 aliphatic rings. The van der Waals surface area contributed by atoms with Crippen molar-refractivity contribution in [1.82, 2.24) is 10.6 Å². The Labute approximate surface area is 189 Å². The molecule has 32 heavy (non-hydrogen) atoms. The minimum Gasteiger partial charge on any atom is -0.493 e. The van der Waals surface area contributed by atoms with Gasteiger partial charge in [0.1, 0.15) is 5.70 Å². The lowest BCUT2D eigenvalue weighted by Gasteiger charge is -2.21. The van der Waals surface area contributed by atoms with Crippen molar-refractivity contribution in [3.63, 3.8) is 0 Å². The van der Waals surface area contributed by atoms with Gasteiger partial charge in [-0.1, -0.05) is 51.1 Å². The third kappa shape index (κ3) is 6.26. The van der Waals surface area contributed by atoms with Crippen LogP contribution in [0.2, 0.25) is 0 Å². The van der Waals surface area contributed by atoms with Crippen LogP contribution in [0.25, 0.3) is 6.08 Å². The molecule has 0 aromatic heterocycles. The number of nitrogens with one attached hydrogen (secondary N) is 2. The number of carbonyl (C=O) groups is 2. The lowest BCUT2D eigenvalue weighted by molar-refractivity contribution is -0.129. The van der Waals surface area contributed by atoms with Crippen LogP contribution in [0.15, 0.2) is 48.2 Å². The van der Waals surface area contributed by atoms with Crippen LogP contribution in [0.1, 0.15) is 44.9 Å². The molecular weight excluding hydrogens is 408 g/mol. The van der Waals surface area contributed by atoms with Crippen molar-refractivity contribution in [2.45, 2.75) is 33.7 Å². The zero-order chi connectivity index (χ0) is 23.9. The first kappa shape index (κ1) is 24.8. The highest BCUT2D eigenvalue weighted by molar-refractivity contribution is 6.02. The number of benzene rings is 2. The Morgan fingerprint density at radius 3 is 1.97 bits per heavy atom. The van der Waals surface area contributed by atoms with Gasteiger partial charge in [0.05, 0.1) is 27.4 Å².